The van der Waals surface area contributed by atoms with Crippen LogP contribution < -0.4 is 5.32 Å². The van der Waals surface area contributed by atoms with Gasteiger partial charge in [0.1, 0.15) is 23.3 Å². The summed E-state index contributed by atoms with van der Waals surface area (Å²) < 4.78 is 16.5. The Morgan fingerprint density at radius 2 is 1.57 bits per heavy atom. The van der Waals surface area contributed by atoms with Crippen molar-refractivity contribution >= 4 is 18.1 Å². The molecule has 284 valence electrons. The summed E-state index contributed by atoms with van der Waals surface area (Å²) in [5.41, 5.74) is 6.02. The fraction of sp³-hybridized carbons (Fsp3) is 0.439. The molecular weight excluding hydrogens is 686 g/mol. The van der Waals surface area contributed by atoms with E-state index in [-0.39, 0.29) is 30.0 Å². The Labute approximate surface area is 315 Å². The maximum absolute atomic E-state index is 13.9. The first-order valence-electron chi connectivity index (χ1n) is 18.7. The molecule has 0 unspecified atom stereocenters. The van der Waals surface area contributed by atoms with Crippen LogP contribution in [0.15, 0.2) is 66.9 Å². The molecule has 2 saturated heterocycles. The summed E-state index contributed by atoms with van der Waals surface area (Å²) in [6.45, 7) is 9.41. The van der Waals surface area contributed by atoms with Crippen LogP contribution in [-0.4, -0.2) is 86.3 Å². The van der Waals surface area contributed by atoms with Crippen molar-refractivity contribution in [2.75, 3.05) is 26.8 Å². The third-order valence-electron chi connectivity index (χ3n) is 10.3. The van der Waals surface area contributed by atoms with Gasteiger partial charge in [0.2, 0.25) is 5.91 Å². The highest BCUT2D eigenvalue weighted by molar-refractivity contribution is 5.87. The molecule has 3 aliphatic rings. The van der Waals surface area contributed by atoms with Crippen LogP contribution >= 0.6 is 0 Å². The van der Waals surface area contributed by atoms with Gasteiger partial charge in [-0.15, -0.1) is 0 Å². The second kappa shape index (κ2) is 15.5. The van der Waals surface area contributed by atoms with Crippen LogP contribution in [0.4, 0.5) is 9.59 Å². The molecule has 0 spiro atoms. The highest BCUT2D eigenvalue weighted by Gasteiger charge is 2.39. The van der Waals surface area contributed by atoms with E-state index >= 15 is 0 Å². The lowest BCUT2D eigenvalue weighted by molar-refractivity contribution is -0.135. The highest BCUT2D eigenvalue weighted by atomic mass is 16.6. The van der Waals surface area contributed by atoms with Gasteiger partial charge in [-0.05, 0) is 63.1 Å². The molecule has 2 aromatic heterocycles. The van der Waals surface area contributed by atoms with Gasteiger partial charge in [0, 0.05) is 24.6 Å². The van der Waals surface area contributed by atoms with E-state index in [0.717, 1.165) is 70.8 Å². The molecule has 0 saturated carbocycles. The molecule has 3 aliphatic heterocycles. The smallest absolute Gasteiger partial charge is 0.410 e. The number of nitrogens with one attached hydrogen (secondary N) is 3. The molecule has 7 rings (SSSR count). The number of amides is 3. The van der Waals surface area contributed by atoms with E-state index in [1.165, 1.54) is 7.11 Å². The molecule has 0 radical (unpaired) electrons. The lowest BCUT2D eigenvalue weighted by atomic mass is 9.99. The summed E-state index contributed by atoms with van der Waals surface area (Å²) in [6.07, 6.45) is 7.97. The standard InChI is InChI=1S/C41H49N7O6/c1-25-9-8-22-53-24-31-35(45-37(44-31)33-11-6-20-47(33)38(49)34(25)46-39(50)52-5)29-18-14-27(15-19-29)26-12-16-28(17-13-26)30-23-42-36(43-30)32-10-7-21-48(32)40(51)54-41(2,3)4/h8-9,12-19,23,25,32-34H,6-7,10-11,20-22,24H2,1-5H3,(H,42,43)(H,44,45)(H,46,50)/t25-,32-,33-,34-/m0/s1. The number of benzene rings is 2. The van der Waals surface area contributed by atoms with Crippen LogP contribution in [-0.2, 0) is 25.6 Å². The summed E-state index contributed by atoms with van der Waals surface area (Å²) in [5, 5.41) is 2.74. The third kappa shape index (κ3) is 7.91. The molecule has 2 aromatic carbocycles. The van der Waals surface area contributed by atoms with E-state index in [2.05, 4.69) is 68.8 Å². The van der Waals surface area contributed by atoms with Gasteiger partial charge in [-0.2, -0.15) is 0 Å². The van der Waals surface area contributed by atoms with Gasteiger partial charge in [0.25, 0.3) is 0 Å². The minimum absolute atomic E-state index is 0.141. The lowest BCUT2D eigenvalue weighted by Crippen LogP contribution is -2.51. The number of hydrogen-bond acceptors (Lipinski definition) is 8. The molecule has 13 nitrogen and oxygen atoms in total. The summed E-state index contributed by atoms with van der Waals surface area (Å²) in [4.78, 5) is 59.2. The van der Waals surface area contributed by atoms with E-state index in [4.69, 9.17) is 19.2 Å². The van der Waals surface area contributed by atoms with Gasteiger partial charge in [-0.25, -0.2) is 19.6 Å². The molecule has 0 aliphatic carbocycles. The van der Waals surface area contributed by atoms with Crippen LogP contribution in [0.5, 0.6) is 0 Å². The number of likely N-dealkylation sites (tertiary alicyclic amines) is 1. The van der Waals surface area contributed by atoms with E-state index in [1.54, 1.807) is 4.90 Å². The van der Waals surface area contributed by atoms with Crippen LogP contribution in [0.1, 0.15) is 82.8 Å². The number of H-pyrrole nitrogens is 2. The molecule has 13 heteroatoms. The minimum atomic E-state index is -0.781. The summed E-state index contributed by atoms with van der Waals surface area (Å²) in [7, 11) is 1.29. The second-order valence-corrected chi connectivity index (χ2v) is 15.2. The fourth-order valence-corrected chi connectivity index (χ4v) is 7.54. The first-order chi connectivity index (χ1) is 26.0. The van der Waals surface area contributed by atoms with Gasteiger partial charge in [-0.1, -0.05) is 67.6 Å². The van der Waals surface area contributed by atoms with E-state index in [9.17, 15) is 14.4 Å². The highest BCUT2D eigenvalue weighted by Crippen LogP contribution is 2.36. The molecule has 54 heavy (non-hydrogen) atoms. The van der Waals surface area contributed by atoms with Crippen LogP contribution in [0.25, 0.3) is 33.6 Å². The number of aromatic amines is 2. The first-order valence-corrected chi connectivity index (χ1v) is 18.7. The number of carbonyl (C=O) groups is 3. The molecule has 3 N–H and O–H groups in total. The zero-order chi connectivity index (χ0) is 38.0. The second-order valence-electron chi connectivity index (χ2n) is 15.2. The number of rotatable bonds is 5. The maximum atomic E-state index is 13.9. The van der Waals surface area contributed by atoms with Gasteiger partial charge in [0.05, 0.1) is 55.7 Å². The Morgan fingerprint density at radius 1 is 0.907 bits per heavy atom. The Morgan fingerprint density at radius 3 is 2.28 bits per heavy atom. The fourth-order valence-electron chi connectivity index (χ4n) is 7.54. The van der Waals surface area contributed by atoms with E-state index in [1.807, 2.05) is 50.9 Å². The Hall–Kier alpha value is -5.43. The van der Waals surface area contributed by atoms with Crippen LogP contribution in [0.3, 0.4) is 0 Å². The first kappa shape index (κ1) is 36.9. The van der Waals surface area contributed by atoms with Crippen molar-refractivity contribution in [3.8, 4) is 33.6 Å². The van der Waals surface area contributed by atoms with E-state index < -0.39 is 17.7 Å². The zero-order valence-corrected chi connectivity index (χ0v) is 31.6. The van der Waals surface area contributed by atoms with Crippen molar-refractivity contribution in [1.82, 2.24) is 35.1 Å². The SMILES string of the molecule is COC(=O)N[C@@H]1C(=O)N2CCC[C@H]2c2nc(-c3ccc(-c4ccc(-c5cnc([C@@H]6CCCN6C(=O)OC(C)(C)C)[nH]5)cc4)cc3)c([nH]2)COCC=C[C@@H]1C. The zero-order valence-electron chi connectivity index (χ0n) is 31.6. The molecule has 2 bridgehead atoms. The largest absolute Gasteiger partial charge is 0.453 e. The molecule has 2 fully saturated rings. The molecule has 4 atom stereocenters. The van der Waals surface area contributed by atoms with Gasteiger partial charge in [0.15, 0.2) is 0 Å². The van der Waals surface area contributed by atoms with Crippen molar-refractivity contribution < 1.29 is 28.6 Å². The van der Waals surface area contributed by atoms with Gasteiger partial charge >= 0.3 is 12.2 Å². The third-order valence-corrected chi connectivity index (χ3v) is 10.3. The number of aromatic nitrogens is 4. The summed E-state index contributed by atoms with van der Waals surface area (Å²) in [5.74, 6) is 1.04. The monoisotopic (exact) mass is 735 g/mol. The predicted octanol–water partition coefficient (Wildman–Crippen LogP) is 7.32. The number of hydrogen-bond donors (Lipinski definition) is 3. The predicted molar refractivity (Wildman–Crippen MR) is 203 cm³/mol. The average molecular weight is 736 g/mol. The normalized spacial score (nSPS) is 21.9. The van der Waals surface area contributed by atoms with Gasteiger partial charge in [-0.3, -0.25) is 9.69 Å². The number of ether oxygens (including phenoxy) is 3. The molecule has 4 aromatic rings. The Bertz CT molecular complexity index is 1990. The minimum Gasteiger partial charge on any atom is -0.453 e. The topological polar surface area (TPSA) is 155 Å². The molecular formula is C41H49N7O6. The average Bonchev–Trinajstić information content (AvgIpc) is 3.99. The number of carbonyl (C=O) groups excluding carboxylic acids is 3. The number of alkyl carbamates (subject to hydrolysis) is 1. The number of nitrogens with zero attached hydrogens (tertiary/aromatic N) is 4. The summed E-state index contributed by atoms with van der Waals surface area (Å²) in [6, 6.07) is 15.4. The quantitative estimate of drug-likeness (QED) is 0.180. The van der Waals surface area contributed by atoms with Gasteiger partial charge < -0.3 is 34.4 Å². The van der Waals surface area contributed by atoms with Crippen molar-refractivity contribution in [2.24, 2.45) is 5.92 Å². The number of fused-ring (bicyclic) bond motifs is 4. The van der Waals surface area contributed by atoms with Crippen LogP contribution in [0, 0.1) is 5.92 Å². The maximum Gasteiger partial charge on any atom is 0.410 e. The van der Waals surface area contributed by atoms with Crippen molar-refractivity contribution in [2.45, 2.75) is 83.7 Å². The molecule has 5 heterocycles. The van der Waals surface area contributed by atoms with Crippen LogP contribution in [0.2, 0.25) is 0 Å². The number of methoxy groups -OCH3 is 1. The Balaban J connectivity index is 1.08. The van der Waals surface area contributed by atoms with E-state index in [0.29, 0.717) is 32.1 Å². The Kier molecular flexibility index (Phi) is 10.6. The summed E-state index contributed by atoms with van der Waals surface area (Å²) >= 11 is 0. The van der Waals surface area contributed by atoms with Crippen molar-refractivity contribution in [3.05, 3.63) is 84.2 Å². The number of imidazole rings is 2. The lowest BCUT2D eigenvalue weighted by Gasteiger charge is -2.30. The van der Waals surface area contributed by atoms with Crippen molar-refractivity contribution in [3.63, 3.8) is 0 Å². The van der Waals surface area contributed by atoms with Crippen molar-refractivity contribution in [1.29, 1.82) is 0 Å². The molecule has 3 amide bonds.